The van der Waals surface area contributed by atoms with E-state index in [-0.39, 0.29) is 0 Å². The molecule has 0 radical (unpaired) electrons. The summed E-state index contributed by atoms with van der Waals surface area (Å²) in [4.78, 5) is 0. The molecule has 0 aliphatic rings. The summed E-state index contributed by atoms with van der Waals surface area (Å²) < 4.78 is 15.5. The molecule has 0 atom stereocenters. The van der Waals surface area contributed by atoms with Gasteiger partial charge in [-0.25, -0.2) is 0 Å². The molecule has 1 aromatic carbocycles. The van der Waals surface area contributed by atoms with E-state index in [4.69, 9.17) is 14.0 Å². The van der Waals surface area contributed by atoms with Gasteiger partial charge in [0.1, 0.15) is 17.2 Å². The van der Waals surface area contributed by atoms with Gasteiger partial charge in [0.15, 0.2) is 0 Å². The molecule has 0 bridgehead atoms. The molecule has 1 N–H and O–H groups in total. The Labute approximate surface area is 99.3 Å². The smallest absolute Gasteiger partial charge is 0.225 e. The third-order valence-corrected chi connectivity index (χ3v) is 2.44. The van der Waals surface area contributed by atoms with Crippen LogP contribution in [0.25, 0.3) is 11.3 Å². The molecule has 2 rings (SSSR count). The van der Waals surface area contributed by atoms with Gasteiger partial charge in [-0.15, -0.1) is 0 Å². The molecule has 17 heavy (non-hydrogen) atoms. The summed E-state index contributed by atoms with van der Waals surface area (Å²) in [5.74, 6) is 2.04. The number of anilines is 1. The summed E-state index contributed by atoms with van der Waals surface area (Å²) in [5.41, 5.74) is 1.58. The predicted molar refractivity (Wildman–Crippen MR) is 64.6 cm³/mol. The lowest BCUT2D eigenvalue weighted by Crippen LogP contribution is -1.90. The highest BCUT2D eigenvalue weighted by Gasteiger charge is 2.11. The van der Waals surface area contributed by atoms with Crippen molar-refractivity contribution in [2.24, 2.45) is 0 Å². The number of nitrogens with zero attached hydrogens (tertiary/aromatic N) is 1. The van der Waals surface area contributed by atoms with E-state index in [1.165, 1.54) is 0 Å². The quantitative estimate of drug-likeness (QED) is 0.880. The molecule has 0 unspecified atom stereocenters. The van der Waals surface area contributed by atoms with E-state index < -0.39 is 0 Å². The number of nitrogens with one attached hydrogen (secondary N) is 1. The Hall–Kier alpha value is -2.17. The maximum atomic E-state index is 5.30. The molecule has 0 amide bonds. The van der Waals surface area contributed by atoms with Crippen molar-refractivity contribution in [3.05, 3.63) is 24.3 Å². The second-order valence-corrected chi connectivity index (χ2v) is 3.39. The van der Waals surface area contributed by atoms with Gasteiger partial charge in [0.2, 0.25) is 5.88 Å². The minimum Gasteiger partial charge on any atom is -0.497 e. The van der Waals surface area contributed by atoms with Crippen LogP contribution in [-0.4, -0.2) is 26.4 Å². The van der Waals surface area contributed by atoms with Crippen molar-refractivity contribution in [3.63, 3.8) is 0 Å². The van der Waals surface area contributed by atoms with Crippen LogP contribution in [0, 0.1) is 0 Å². The van der Waals surface area contributed by atoms with Crippen molar-refractivity contribution in [3.8, 4) is 22.8 Å². The monoisotopic (exact) mass is 234 g/mol. The predicted octanol–water partition coefficient (Wildman–Crippen LogP) is 2.40. The highest BCUT2D eigenvalue weighted by Crippen LogP contribution is 2.33. The molecule has 0 saturated carbocycles. The fourth-order valence-electron chi connectivity index (χ4n) is 1.53. The van der Waals surface area contributed by atoms with Gasteiger partial charge in [0.05, 0.1) is 14.2 Å². The molecule has 0 aliphatic heterocycles. The van der Waals surface area contributed by atoms with Crippen LogP contribution in [0.4, 0.5) is 5.88 Å². The molecule has 1 aromatic heterocycles. The summed E-state index contributed by atoms with van der Waals surface area (Å²) in [6, 6.07) is 7.36. The zero-order valence-electron chi connectivity index (χ0n) is 9.98. The van der Waals surface area contributed by atoms with Crippen LogP contribution in [0.2, 0.25) is 0 Å². The molecular weight excluding hydrogens is 220 g/mol. The van der Waals surface area contributed by atoms with Gasteiger partial charge in [-0.1, -0.05) is 5.16 Å². The molecule has 90 valence electrons. The van der Waals surface area contributed by atoms with Gasteiger partial charge >= 0.3 is 0 Å². The van der Waals surface area contributed by atoms with Crippen LogP contribution in [0.15, 0.2) is 28.8 Å². The fourth-order valence-corrected chi connectivity index (χ4v) is 1.53. The SMILES string of the molecule is CNc1cc(-c2ccc(OC)cc2OC)no1. The number of hydrogen-bond acceptors (Lipinski definition) is 5. The molecule has 0 saturated heterocycles. The summed E-state index contributed by atoms with van der Waals surface area (Å²) in [7, 11) is 5.00. The van der Waals surface area contributed by atoms with Crippen LogP contribution in [0.5, 0.6) is 11.5 Å². The van der Waals surface area contributed by atoms with Crippen LogP contribution >= 0.6 is 0 Å². The van der Waals surface area contributed by atoms with Crippen molar-refractivity contribution in [2.75, 3.05) is 26.6 Å². The first-order chi connectivity index (χ1) is 8.28. The number of aromatic nitrogens is 1. The van der Waals surface area contributed by atoms with Crippen molar-refractivity contribution >= 4 is 5.88 Å². The maximum Gasteiger partial charge on any atom is 0.225 e. The van der Waals surface area contributed by atoms with E-state index in [2.05, 4.69) is 10.5 Å². The number of rotatable bonds is 4. The number of methoxy groups -OCH3 is 2. The fraction of sp³-hybridized carbons (Fsp3) is 0.250. The summed E-state index contributed by atoms with van der Waals surface area (Å²) in [6.45, 7) is 0. The van der Waals surface area contributed by atoms with Crippen LogP contribution < -0.4 is 14.8 Å². The Bertz CT molecular complexity index is 508. The summed E-state index contributed by atoms with van der Waals surface area (Å²) in [5, 5.41) is 6.85. The van der Waals surface area contributed by atoms with Crippen molar-refractivity contribution < 1.29 is 14.0 Å². The van der Waals surface area contributed by atoms with Gasteiger partial charge in [0.25, 0.3) is 0 Å². The first-order valence-corrected chi connectivity index (χ1v) is 5.15. The molecule has 0 aliphatic carbocycles. The highest BCUT2D eigenvalue weighted by atomic mass is 16.5. The Morgan fingerprint density at radius 2 is 2.00 bits per heavy atom. The van der Waals surface area contributed by atoms with Gasteiger partial charge in [-0.2, -0.15) is 0 Å². The first kappa shape index (κ1) is 11.3. The second-order valence-electron chi connectivity index (χ2n) is 3.39. The number of hydrogen-bond donors (Lipinski definition) is 1. The zero-order chi connectivity index (χ0) is 12.3. The third kappa shape index (κ3) is 2.18. The van der Waals surface area contributed by atoms with Crippen LogP contribution in [0.1, 0.15) is 0 Å². The first-order valence-electron chi connectivity index (χ1n) is 5.15. The van der Waals surface area contributed by atoms with E-state index in [0.717, 1.165) is 11.3 Å². The Morgan fingerprint density at radius 1 is 1.18 bits per heavy atom. The van der Waals surface area contributed by atoms with Crippen LogP contribution in [0.3, 0.4) is 0 Å². The summed E-state index contributed by atoms with van der Waals surface area (Å²) >= 11 is 0. The minimum atomic E-state index is 0.609. The second kappa shape index (κ2) is 4.78. The van der Waals surface area contributed by atoms with E-state index in [1.807, 2.05) is 24.3 Å². The Kier molecular flexibility index (Phi) is 3.18. The zero-order valence-corrected chi connectivity index (χ0v) is 9.98. The average Bonchev–Trinajstić information content (AvgIpc) is 2.86. The molecular formula is C12H14N2O3. The molecule has 5 heteroatoms. The topological polar surface area (TPSA) is 56.5 Å². The molecule has 0 fully saturated rings. The largest absolute Gasteiger partial charge is 0.497 e. The number of benzene rings is 1. The lowest BCUT2D eigenvalue weighted by Gasteiger charge is -2.07. The molecule has 1 heterocycles. The van der Waals surface area contributed by atoms with Gasteiger partial charge < -0.3 is 19.3 Å². The van der Waals surface area contributed by atoms with E-state index >= 15 is 0 Å². The lowest BCUT2D eigenvalue weighted by molar-refractivity contribution is 0.394. The maximum absolute atomic E-state index is 5.30. The Morgan fingerprint density at radius 3 is 2.59 bits per heavy atom. The highest BCUT2D eigenvalue weighted by molar-refractivity contribution is 5.69. The van der Waals surface area contributed by atoms with E-state index in [0.29, 0.717) is 17.3 Å². The minimum absolute atomic E-state index is 0.609. The van der Waals surface area contributed by atoms with Gasteiger partial charge in [-0.05, 0) is 12.1 Å². The molecule has 5 nitrogen and oxygen atoms in total. The van der Waals surface area contributed by atoms with Crippen molar-refractivity contribution in [2.45, 2.75) is 0 Å². The average molecular weight is 234 g/mol. The number of ether oxygens (including phenoxy) is 2. The van der Waals surface area contributed by atoms with Crippen LogP contribution in [-0.2, 0) is 0 Å². The van der Waals surface area contributed by atoms with E-state index in [9.17, 15) is 0 Å². The van der Waals surface area contributed by atoms with Crippen molar-refractivity contribution in [1.82, 2.24) is 5.16 Å². The third-order valence-electron chi connectivity index (χ3n) is 2.44. The molecule has 2 aromatic rings. The Balaban J connectivity index is 2.43. The van der Waals surface area contributed by atoms with Gasteiger partial charge in [0, 0.05) is 24.7 Å². The standard InChI is InChI=1S/C12H14N2O3/c1-13-12-7-10(14-17-12)9-5-4-8(15-2)6-11(9)16-3/h4-7,13H,1-3H3. The van der Waals surface area contributed by atoms with E-state index in [1.54, 1.807) is 21.3 Å². The van der Waals surface area contributed by atoms with Gasteiger partial charge in [-0.3, -0.25) is 0 Å². The summed E-state index contributed by atoms with van der Waals surface area (Å²) in [6.07, 6.45) is 0. The normalized spacial score (nSPS) is 10.1. The van der Waals surface area contributed by atoms with Crippen molar-refractivity contribution in [1.29, 1.82) is 0 Å². The molecule has 0 spiro atoms. The lowest BCUT2D eigenvalue weighted by atomic mass is 10.1.